The van der Waals surface area contributed by atoms with Gasteiger partial charge in [-0.3, -0.25) is 19.7 Å². The first-order valence-electron chi connectivity index (χ1n) is 5.50. The number of benzene rings is 1. The van der Waals surface area contributed by atoms with Gasteiger partial charge in [0.15, 0.2) is 0 Å². The number of nitrogens with two attached hydrogens (primary N) is 1. The maximum Gasteiger partial charge on any atom is 0.287 e. The van der Waals surface area contributed by atoms with Crippen LogP contribution in [0.5, 0.6) is 0 Å². The fraction of sp³-hybridized carbons (Fsp3) is 0.273. The van der Waals surface area contributed by atoms with E-state index in [1.165, 1.54) is 12.1 Å². The van der Waals surface area contributed by atoms with Crippen molar-refractivity contribution in [1.82, 2.24) is 5.32 Å². The van der Waals surface area contributed by atoms with Gasteiger partial charge in [-0.15, -0.1) is 0 Å². The molecule has 20 heavy (non-hydrogen) atoms. The number of carbonyl (C=O) groups is 2. The standard InChI is InChI=1S/C11H12ClN3O5/c12-8-5-7(1-2-9(8)15(18)19)11(17)14-3-4-20-6-10(13)16/h1-2,5H,3-4,6H2,(H2,13,16)(H,14,17). The molecule has 108 valence electrons. The minimum atomic E-state index is -0.637. The van der Waals surface area contributed by atoms with Gasteiger partial charge in [-0.1, -0.05) is 11.6 Å². The van der Waals surface area contributed by atoms with E-state index in [0.29, 0.717) is 0 Å². The van der Waals surface area contributed by atoms with Crippen LogP contribution in [-0.2, 0) is 9.53 Å². The lowest BCUT2D eigenvalue weighted by Gasteiger charge is -2.06. The molecule has 1 aromatic carbocycles. The molecule has 2 amide bonds. The number of hydrogen-bond acceptors (Lipinski definition) is 5. The lowest BCUT2D eigenvalue weighted by Crippen LogP contribution is -2.28. The second-order valence-electron chi connectivity index (χ2n) is 3.70. The van der Waals surface area contributed by atoms with Crippen LogP contribution in [0.4, 0.5) is 5.69 Å². The van der Waals surface area contributed by atoms with E-state index >= 15 is 0 Å². The molecule has 0 unspecified atom stereocenters. The maximum atomic E-state index is 11.7. The Labute approximate surface area is 119 Å². The molecule has 0 spiro atoms. The van der Waals surface area contributed by atoms with Gasteiger partial charge in [0.2, 0.25) is 5.91 Å². The molecular weight excluding hydrogens is 290 g/mol. The summed E-state index contributed by atoms with van der Waals surface area (Å²) < 4.78 is 4.85. The van der Waals surface area contributed by atoms with Crippen LogP contribution in [0.25, 0.3) is 0 Å². The predicted molar refractivity (Wildman–Crippen MR) is 70.5 cm³/mol. The number of primary amides is 1. The molecule has 0 heterocycles. The third kappa shape index (κ3) is 4.82. The summed E-state index contributed by atoms with van der Waals surface area (Å²) in [6.45, 7) is 0.0648. The number of nitrogens with one attached hydrogen (secondary N) is 1. The van der Waals surface area contributed by atoms with Crippen molar-refractivity contribution < 1.29 is 19.2 Å². The van der Waals surface area contributed by atoms with E-state index in [1.54, 1.807) is 0 Å². The number of halogens is 1. The first kappa shape index (κ1) is 15.9. The van der Waals surface area contributed by atoms with Crippen LogP contribution in [0.15, 0.2) is 18.2 Å². The van der Waals surface area contributed by atoms with Crippen LogP contribution >= 0.6 is 11.6 Å². The number of nitro benzene ring substituents is 1. The average Bonchev–Trinajstić information content (AvgIpc) is 2.37. The molecular formula is C11H12ClN3O5. The summed E-state index contributed by atoms with van der Waals surface area (Å²) in [7, 11) is 0. The average molecular weight is 302 g/mol. The van der Waals surface area contributed by atoms with Crippen molar-refractivity contribution in [3.8, 4) is 0 Å². The topological polar surface area (TPSA) is 125 Å². The molecule has 0 fully saturated rings. The van der Waals surface area contributed by atoms with Gasteiger partial charge in [0.05, 0.1) is 11.5 Å². The van der Waals surface area contributed by atoms with Crippen LogP contribution in [0, 0.1) is 10.1 Å². The smallest absolute Gasteiger partial charge is 0.287 e. The van der Waals surface area contributed by atoms with Crippen LogP contribution in [-0.4, -0.2) is 36.5 Å². The summed E-state index contributed by atoms with van der Waals surface area (Å²) in [5.41, 5.74) is 4.78. The predicted octanol–water partition coefficient (Wildman–Crippen LogP) is 0.480. The highest BCUT2D eigenvalue weighted by Gasteiger charge is 2.14. The Morgan fingerprint density at radius 3 is 2.70 bits per heavy atom. The molecule has 0 aromatic heterocycles. The summed E-state index contributed by atoms with van der Waals surface area (Å²) in [6, 6.07) is 3.66. The first-order valence-corrected chi connectivity index (χ1v) is 5.88. The summed E-state index contributed by atoms with van der Waals surface area (Å²) in [6.07, 6.45) is 0. The number of ether oxygens (including phenoxy) is 1. The number of hydrogen-bond donors (Lipinski definition) is 2. The van der Waals surface area contributed by atoms with Crippen LogP contribution < -0.4 is 11.1 Å². The van der Waals surface area contributed by atoms with Gasteiger partial charge in [0, 0.05) is 18.2 Å². The molecule has 1 rings (SSSR count). The molecule has 0 atom stereocenters. The van der Waals surface area contributed by atoms with Crippen LogP contribution in [0.2, 0.25) is 5.02 Å². The number of nitro groups is 1. The Hall–Kier alpha value is -2.19. The highest BCUT2D eigenvalue weighted by atomic mass is 35.5. The van der Waals surface area contributed by atoms with Crippen molar-refractivity contribution in [1.29, 1.82) is 0 Å². The quantitative estimate of drug-likeness (QED) is 0.430. The van der Waals surface area contributed by atoms with E-state index in [-0.39, 0.29) is 36.0 Å². The lowest BCUT2D eigenvalue weighted by atomic mass is 10.2. The molecule has 0 bridgehead atoms. The Bertz CT molecular complexity index is 535. The zero-order valence-corrected chi connectivity index (χ0v) is 11.1. The lowest BCUT2D eigenvalue weighted by molar-refractivity contribution is -0.384. The van der Waals surface area contributed by atoms with E-state index in [9.17, 15) is 19.7 Å². The fourth-order valence-corrected chi connectivity index (χ4v) is 1.56. The molecule has 0 radical (unpaired) electrons. The summed E-state index contributed by atoms with van der Waals surface area (Å²) in [5, 5.41) is 13.0. The second kappa shape index (κ2) is 7.41. The number of carbonyl (C=O) groups excluding carboxylic acids is 2. The Morgan fingerprint density at radius 1 is 1.45 bits per heavy atom. The number of rotatable bonds is 7. The van der Waals surface area contributed by atoms with E-state index in [4.69, 9.17) is 22.1 Å². The summed E-state index contributed by atoms with van der Waals surface area (Å²) in [4.78, 5) is 32.0. The third-order valence-electron chi connectivity index (χ3n) is 2.18. The third-order valence-corrected chi connectivity index (χ3v) is 2.49. The van der Waals surface area contributed by atoms with E-state index in [0.717, 1.165) is 6.07 Å². The van der Waals surface area contributed by atoms with Gasteiger partial charge in [-0.25, -0.2) is 0 Å². The zero-order chi connectivity index (χ0) is 15.1. The van der Waals surface area contributed by atoms with Gasteiger partial charge in [0.25, 0.3) is 11.6 Å². The zero-order valence-electron chi connectivity index (χ0n) is 10.3. The highest BCUT2D eigenvalue weighted by Crippen LogP contribution is 2.24. The van der Waals surface area contributed by atoms with E-state index in [1.807, 2.05) is 0 Å². The van der Waals surface area contributed by atoms with Crippen molar-refractivity contribution in [2.75, 3.05) is 19.8 Å². The maximum absolute atomic E-state index is 11.7. The molecule has 9 heteroatoms. The van der Waals surface area contributed by atoms with Crippen molar-refractivity contribution in [3.05, 3.63) is 38.9 Å². The first-order chi connectivity index (χ1) is 9.41. The van der Waals surface area contributed by atoms with Gasteiger partial charge in [-0.05, 0) is 12.1 Å². The minimum Gasteiger partial charge on any atom is -0.370 e. The van der Waals surface area contributed by atoms with Gasteiger partial charge >= 0.3 is 0 Å². The number of nitrogens with zero attached hydrogens (tertiary/aromatic N) is 1. The Morgan fingerprint density at radius 2 is 2.15 bits per heavy atom. The molecule has 0 saturated carbocycles. The van der Waals surface area contributed by atoms with Gasteiger partial charge in [0.1, 0.15) is 11.6 Å². The molecule has 0 aliphatic heterocycles. The summed E-state index contributed by atoms with van der Waals surface area (Å²) >= 11 is 5.69. The van der Waals surface area contributed by atoms with Gasteiger partial charge < -0.3 is 15.8 Å². The number of amides is 2. The minimum absolute atomic E-state index is 0.118. The fourth-order valence-electron chi connectivity index (χ4n) is 1.31. The van der Waals surface area contributed by atoms with Crippen molar-refractivity contribution in [2.24, 2.45) is 5.73 Å². The van der Waals surface area contributed by atoms with E-state index in [2.05, 4.69) is 5.32 Å². The van der Waals surface area contributed by atoms with Crippen molar-refractivity contribution in [2.45, 2.75) is 0 Å². The molecule has 1 aromatic rings. The molecule has 3 N–H and O–H groups in total. The molecule has 8 nitrogen and oxygen atoms in total. The van der Waals surface area contributed by atoms with E-state index < -0.39 is 16.7 Å². The second-order valence-corrected chi connectivity index (χ2v) is 4.11. The monoisotopic (exact) mass is 301 g/mol. The molecule has 0 aliphatic rings. The highest BCUT2D eigenvalue weighted by molar-refractivity contribution is 6.33. The van der Waals surface area contributed by atoms with Crippen LogP contribution in [0.3, 0.4) is 0 Å². The Kier molecular flexibility index (Phi) is 5.88. The van der Waals surface area contributed by atoms with Crippen molar-refractivity contribution in [3.63, 3.8) is 0 Å². The summed E-state index contributed by atoms with van der Waals surface area (Å²) in [5.74, 6) is -1.05. The SMILES string of the molecule is NC(=O)COCCNC(=O)c1ccc([N+](=O)[O-])c(Cl)c1. The normalized spacial score (nSPS) is 10.1. The van der Waals surface area contributed by atoms with Crippen molar-refractivity contribution >= 4 is 29.1 Å². The van der Waals surface area contributed by atoms with Crippen LogP contribution in [0.1, 0.15) is 10.4 Å². The Balaban J connectivity index is 2.50. The molecule has 0 aliphatic carbocycles. The molecule has 0 saturated heterocycles. The largest absolute Gasteiger partial charge is 0.370 e. The van der Waals surface area contributed by atoms with Gasteiger partial charge in [-0.2, -0.15) is 0 Å².